The van der Waals surface area contributed by atoms with E-state index in [1.807, 2.05) is 0 Å². The summed E-state index contributed by atoms with van der Waals surface area (Å²) in [7, 11) is -3.64. The van der Waals surface area contributed by atoms with Crippen LogP contribution in [-0.2, 0) is 24.3 Å². The van der Waals surface area contributed by atoms with Gasteiger partial charge in [-0.15, -0.1) is 11.8 Å². The summed E-state index contributed by atoms with van der Waals surface area (Å²) in [5, 5.41) is 10.7. The number of carboxylic acids is 1. The monoisotopic (exact) mass is 388 g/mol. The van der Waals surface area contributed by atoms with Gasteiger partial charge in [-0.05, 0) is 25.1 Å². The van der Waals surface area contributed by atoms with Crippen molar-refractivity contribution in [3.63, 3.8) is 0 Å². The fourth-order valence-corrected chi connectivity index (χ4v) is 4.24. The van der Waals surface area contributed by atoms with Gasteiger partial charge < -0.3 is 15.2 Å². The van der Waals surface area contributed by atoms with Crippen LogP contribution in [0.2, 0.25) is 0 Å². The molecule has 0 aliphatic carbocycles. The number of nitrogens with zero attached hydrogens (tertiary/aromatic N) is 1. The number of ether oxygens (including phenoxy) is 1. The molecule has 1 aromatic rings. The van der Waals surface area contributed by atoms with Crippen LogP contribution in [0.1, 0.15) is 6.92 Å². The molecule has 25 heavy (non-hydrogen) atoms. The zero-order chi connectivity index (χ0) is 18.4. The number of carbonyl (C=O) groups excluding carboxylic acids is 1. The van der Waals surface area contributed by atoms with Gasteiger partial charge in [-0.2, -0.15) is 4.31 Å². The SMILES string of the molecule is CC(SCC(=O)O)C(=O)Nc1cccc(S(=O)(=O)N2CCOCC2)c1. The van der Waals surface area contributed by atoms with Gasteiger partial charge in [0.1, 0.15) is 0 Å². The zero-order valence-corrected chi connectivity index (χ0v) is 15.3. The van der Waals surface area contributed by atoms with Crippen LogP contribution in [-0.4, -0.2) is 67.0 Å². The molecule has 1 saturated heterocycles. The molecule has 10 heteroatoms. The molecule has 0 spiro atoms. The Morgan fingerprint density at radius 1 is 1.36 bits per heavy atom. The third-order valence-electron chi connectivity index (χ3n) is 3.54. The molecule has 1 aromatic carbocycles. The number of carbonyl (C=O) groups is 2. The first-order chi connectivity index (χ1) is 11.8. The number of anilines is 1. The van der Waals surface area contributed by atoms with Crippen molar-refractivity contribution in [2.75, 3.05) is 37.4 Å². The highest BCUT2D eigenvalue weighted by Gasteiger charge is 2.26. The van der Waals surface area contributed by atoms with Crippen LogP contribution in [0.25, 0.3) is 0 Å². The average molecular weight is 388 g/mol. The first-order valence-corrected chi connectivity index (χ1v) is 10.1. The summed E-state index contributed by atoms with van der Waals surface area (Å²) in [4.78, 5) is 22.7. The predicted octanol–water partition coefficient (Wildman–Crippen LogP) is 0.852. The molecule has 1 unspecified atom stereocenters. The van der Waals surface area contributed by atoms with Gasteiger partial charge in [0.15, 0.2) is 0 Å². The number of thioether (sulfide) groups is 1. The summed E-state index contributed by atoms with van der Waals surface area (Å²) in [5.74, 6) is -1.56. The van der Waals surface area contributed by atoms with Gasteiger partial charge >= 0.3 is 5.97 Å². The molecule has 0 aromatic heterocycles. The second-order valence-electron chi connectivity index (χ2n) is 5.38. The molecule has 138 valence electrons. The van der Waals surface area contributed by atoms with Crippen molar-refractivity contribution >= 4 is 39.3 Å². The number of rotatable bonds is 7. The normalized spacial score (nSPS) is 17.0. The summed E-state index contributed by atoms with van der Waals surface area (Å²) in [6, 6.07) is 6.02. The zero-order valence-electron chi connectivity index (χ0n) is 13.7. The van der Waals surface area contributed by atoms with Crippen LogP contribution in [0, 0.1) is 0 Å². The lowest BCUT2D eigenvalue weighted by Crippen LogP contribution is -2.40. The summed E-state index contributed by atoms with van der Waals surface area (Å²) in [5.41, 5.74) is 0.349. The Kier molecular flexibility index (Phi) is 6.82. The molecule has 2 rings (SSSR count). The third-order valence-corrected chi connectivity index (χ3v) is 6.56. The standard InChI is InChI=1S/C15H20N2O6S2/c1-11(24-10-14(18)19)15(20)16-12-3-2-4-13(9-12)25(21,22)17-5-7-23-8-6-17/h2-4,9,11H,5-8,10H2,1H3,(H,16,20)(H,18,19). The molecular formula is C15H20N2O6S2. The lowest BCUT2D eigenvalue weighted by atomic mass is 10.3. The molecular weight excluding hydrogens is 368 g/mol. The van der Waals surface area contributed by atoms with E-state index in [9.17, 15) is 18.0 Å². The van der Waals surface area contributed by atoms with Crippen LogP contribution in [0.15, 0.2) is 29.2 Å². The van der Waals surface area contributed by atoms with Gasteiger partial charge in [0.25, 0.3) is 0 Å². The second kappa shape index (κ2) is 8.65. The van der Waals surface area contributed by atoms with Crippen LogP contribution in [0.4, 0.5) is 5.69 Å². The molecule has 1 aliphatic rings. The maximum absolute atomic E-state index is 12.6. The number of benzene rings is 1. The minimum atomic E-state index is -3.64. The number of sulfonamides is 1. The van der Waals surface area contributed by atoms with Crippen molar-refractivity contribution in [3.8, 4) is 0 Å². The summed E-state index contributed by atoms with van der Waals surface area (Å²) in [6.45, 7) is 2.89. The van der Waals surface area contributed by atoms with E-state index in [2.05, 4.69) is 5.32 Å². The molecule has 1 atom stereocenters. The van der Waals surface area contributed by atoms with Gasteiger partial charge in [-0.1, -0.05) is 6.07 Å². The number of aliphatic carboxylic acids is 1. The van der Waals surface area contributed by atoms with E-state index < -0.39 is 21.2 Å². The number of nitrogens with one attached hydrogen (secondary N) is 1. The number of amides is 1. The Hall–Kier alpha value is -1.62. The van der Waals surface area contributed by atoms with Crippen LogP contribution in [0.3, 0.4) is 0 Å². The van der Waals surface area contributed by atoms with Crippen molar-refractivity contribution in [1.29, 1.82) is 0 Å². The van der Waals surface area contributed by atoms with Crippen molar-refractivity contribution in [2.45, 2.75) is 17.1 Å². The molecule has 0 saturated carbocycles. The fourth-order valence-electron chi connectivity index (χ4n) is 2.19. The van der Waals surface area contributed by atoms with E-state index in [0.717, 1.165) is 11.8 Å². The maximum Gasteiger partial charge on any atom is 0.313 e. The van der Waals surface area contributed by atoms with Crippen LogP contribution in [0.5, 0.6) is 0 Å². The smallest absolute Gasteiger partial charge is 0.313 e. The number of hydrogen-bond donors (Lipinski definition) is 2. The Morgan fingerprint density at radius 2 is 2.04 bits per heavy atom. The minimum absolute atomic E-state index is 0.0954. The number of hydrogen-bond acceptors (Lipinski definition) is 6. The molecule has 8 nitrogen and oxygen atoms in total. The lowest BCUT2D eigenvalue weighted by molar-refractivity contribution is -0.133. The third kappa shape index (κ3) is 5.43. The number of morpholine rings is 1. The van der Waals surface area contributed by atoms with Crippen molar-refractivity contribution in [3.05, 3.63) is 24.3 Å². The van der Waals surface area contributed by atoms with Crippen LogP contribution >= 0.6 is 11.8 Å². The van der Waals surface area contributed by atoms with E-state index in [1.165, 1.54) is 16.4 Å². The average Bonchev–Trinajstić information content (AvgIpc) is 2.60. The van der Waals surface area contributed by atoms with Gasteiger partial charge in [-0.3, -0.25) is 9.59 Å². The Labute approximate surface area is 150 Å². The van der Waals surface area contributed by atoms with E-state index in [0.29, 0.717) is 32.0 Å². The summed E-state index contributed by atoms with van der Waals surface area (Å²) < 4.78 is 31.8. The molecule has 1 fully saturated rings. The van der Waals surface area contributed by atoms with E-state index >= 15 is 0 Å². The minimum Gasteiger partial charge on any atom is -0.481 e. The summed E-state index contributed by atoms with van der Waals surface area (Å²) in [6.07, 6.45) is 0. The predicted molar refractivity (Wildman–Crippen MR) is 94.2 cm³/mol. The van der Waals surface area contributed by atoms with Gasteiger partial charge in [0.05, 0.1) is 29.1 Å². The fraction of sp³-hybridized carbons (Fsp3) is 0.467. The highest BCUT2D eigenvalue weighted by molar-refractivity contribution is 8.01. The molecule has 2 N–H and O–H groups in total. The molecule has 0 bridgehead atoms. The molecule has 1 heterocycles. The first-order valence-electron chi connectivity index (χ1n) is 7.63. The number of carboxylic acid groups (broad SMARTS) is 1. The van der Waals surface area contributed by atoms with E-state index in [4.69, 9.17) is 9.84 Å². The van der Waals surface area contributed by atoms with Gasteiger partial charge in [-0.25, -0.2) is 8.42 Å². The Bertz CT molecular complexity index is 731. The second-order valence-corrected chi connectivity index (χ2v) is 8.65. The van der Waals surface area contributed by atoms with Crippen molar-refractivity contribution in [2.24, 2.45) is 0 Å². The highest BCUT2D eigenvalue weighted by Crippen LogP contribution is 2.21. The maximum atomic E-state index is 12.6. The van der Waals surface area contributed by atoms with Crippen LogP contribution < -0.4 is 5.32 Å². The summed E-state index contributed by atoms with van der Waals surface area (Å²) >= 11 is 0.992. The van der Waals surface area contributed by atoms with Gasteiger partial charge in [0, 0.05) is 18.8 Å². The topological polar surface area (TPSA) is 113 Å². The van der Waals surface area contributed by atoms with Crippen molar-refractivity contribution in [1.82, 2.24) is 4.31 Å². The molecule has 1 amide bonds. The lowest BCUT2D eigenvalue weighted by Gasteiger charge is -2.26. The van der Waals surface area contributed by atoms with E-state index in [1.54, 1.807) is 19.1 Å². The first kappa shape index (κ1) is 19.7. The van der Waals surface area contributed by atoms with Crippen molar-refractivity contribution < 1.29 is 27.9 Å². The highest BCUT2D eigenvalue weighted by atomic mass is 32.2. The Balaban J connectivity index is 2.07. The Morgan fingerprint density at radius 3 is 2.68 bits per heavy atom. The largest absolute Gasteiger partial charge is 0.481 e. The van der Waals surface area contributed by atoms with Gasteiger partial charge in [0.2, 0.25) is 15.9 Å². The molecule has 0 radical (unpaired) electrons. The molecule has 1 aliphatic heterocycles. The van der Waals surface area contributed by atoms with E-state index in [-0.39, 0.29) is 16.6 Å². The quantitative estimate of drug-likeness (QED) is 0.712.